The van der Waals surface area contributed by atoms with Crippen molar-refractivity contribution < 1.29 is 4.79 Å². The van der Waals surface area contributed by atoms with Gasteiger partial charge in [0, 0.05) is 18.0 Å². The normalized spacial score (nSPS) is 12.2. The third kappa shape index (κ3) is 5.66. The lowest BCUT2D eigenvalue weighted by molar-refractivity contribution is 0.0917. The fraction of sp³-hybridized carbons (Fsp3) is 0.500. The molecule has 124 valence electrons. The van der Waals surface area contributed by atoms with Gasteiger partial charge in [0.2, 0.25) is 0 Å². The summed E-state index contributed by atoms with van der Waals surface area (Å²) in [6, 6.07) is 9.46. The van der Waals surface area contributed by atoms with Crippen molar-refractivity contribution in [3.8, 4) is 0 Å². The van der Waals surface area contributed by atoms with Crippen molar-refractivity contribution in [3.63, 3.8) is 0 Å². The number of carbonyl (C=O) groups is 1. The fourth-order valence-electron chi connectivity index (χ4n) is 2.96. The summed E-state index contributed by atoms with van der Waals surface area (Å²) in [7, 11) is 0. The minimum absolute atomic E-state index is 0.129. The number of unbranched alkanes of at least 4 members (excludes halogenated alkanes) is 6. The molecule has 1 unspecified atom stereocenters. The van der Waals surface area contributed by atoms with Gasteiger partial charge in [-0.25, -0.2) is 4.98 Å². The van der Waals surface area contributed by atoms with Gasteiger partial charge < -0.3 is 4.57 Å². The maximum Gasteiger partial charge on any atom is 0.185 e. The molecule has 1 aromatic carbocycles. The van der Waals surface area contributed by atoms with Crippen LogP contribution in [0.3, 0.4) is 0 Å². The van der Waals surface area contributed by atoms with E-state index >= 15 is 0 Å². The second-order valence-electron chi connectivity index (χ2n) is 6.17. The molecule has 0 bridgehead atoms. The molecule has 1 heterocycles. The molecule has 3 heteroatoms. The third-order valence-corrected chi connectivity index (χ3v) is 4.33. The summed E-state index contributed by atoms with van der Waals surface area (Å²) in [4.78, 5) is 16.9. The number of rotatable bonds is 11. The monoisotopic (exact) mass is 312 g/mol. The number of carbonyl (C=O) groups excluding carboxylic acids is 1. The van der Waals surface area contributed by atoms with Crippen LogP contribution in [0, 0.1) is 0 Å². The SMILES string of the molecule is CCCCCCCCCC(C(=O)c1ccccc1)n1ccnc1. The van der Waals surface area contributed by atoms with Gasteiger partial charge in [0.25, 0.3) is 0 Å². The van der Waals surface area contributed by atoms with Gasteiger partial charge in [-0.2, -0.15) is 0 Å². The average Bonchev–Trinajstić information content (AvgIpc) is 3.12. The Morgan fingerprint density at radius 1 is 1.04 bits per heavy atom. The minimum atomic E-state index is -0.129. The standard InChI is InChI=1S/C20H28N2O/c1-2-3-4-5-6-7-11-14-19(22-16-15-21-17-22)20(23)18-12-9-8-10-13-18/h8-10,12-13,15-17,19H,2-7,11,14H2,1H3. The lowest BCUT2D eigenvalue weighted by Crippen LogP contribution is -2.18. The molecular formula is C20H28N2O. The van der Waals surface area contributed by atoms with Crippen molar-refractivity contribution in [3.05, 3.63) is 54.6 Å². The zero-order valence-corrected chi connectivity index (χ0v) is 14.2. The van der Waals surface area contributed by atoms with Crippen LogP contribution in [-0.2, 0) is 0 Å². The van der Waals surface area contributed by atoms with E-state index in [0.29, 0.717) is 0 Å². The Balaban J connectivity index is 1.88. The predicted octanol–water partition coefficient (Wildman–Crippen LogP) is 5.45. The van der Waals surface area contributed by atoms with E-state index in [4.69, 9.17) is 0 Å². The Hall–Kier alpha value is -1.90. The van der Waals surface area contributed by atoms with Crippen LogP contribution in [0.25, 0.3) is 0 Å². The molecule has 0 saturated carbocycles. The molecule has 0 saturated heterocycles. The average molecular weight is 312 g/mol. The Labute approximate surface area is 139 Å². The molecule has 0 aliphatic carbocycles. The van der Waals surface area contributed by atoms with Gasteiger partial charge in [0.1, 0.15) is 0 Å². The number of ketones is 1. The van der Waals surface area contributed by atoms with E-state index in [1.807, 2.05) is 41.1 Å². The highest BCUT2D eigenvalue weighted by Crippen LogP contribution is 2.21. The highest BCUT2D eigenvalue weighted by atomic mass is 16.1. The number of benzene rings is 1. The molecule has 1 atom stereocenters. The maximum atomic E-state index is 12.8. The molecule has 1 aromatic heterocycles. The molecule has 3 nitrogen and oxygen atoms in total. The van der Waals surface area contributed by atoms with Gasteiger partial charge in [-0.3, -0.25) is 4.79 Å². The lowest BCUT2D eigenvalue weighted by atomic mass is 9.98. The molecule has 0 fully saturated rings. The Bertz CT molecular complexity index is 548. The molecule has 0 amide bonds. The second-order valence-corrected chi connectivity index (χ2v) is 6.17. The maximum absolute atomic E-state index is 12.8. The van der Waals surface area contributed by atoms with Crippen LogP contribution in [0.5, 0.6) is 0 Å². The molecule has 0 N–H and O–H groups in total. The van der Waals surface area contributed by atoms with Crippen LogP contribution in [0.15, 0.2) is 49.1 Å². The first-order valence-corrected chi connectivity index (χ1v) is 8.89. The van der Waals surface area contributed by atoms with Gasteiger partial charge in [-0.15, -0.1) is 0 Å². The van der Waals surface area contributed by atoms with E-state index in [1.54, 1.807) is 12.5 Å². The van der Waals surface area contributed by atoms with E-state index in [9.17, 15) is 4.79 Å². The summed E-state index contributed by atoms with van der Waals surface area (Å²) >= 11 is 0. The van der Waals surface area contributed by atoms with Crippen molar-refractivity contribution in [2.24, 2.45) is 0 Å². The summed E-state index contributed by atoms with van der Waals surface area (Å²) in [5, 5.41) is 0. The largest absolute Gasteiger partial charge is 0.327 e. The van der Waals surface area contributed by atoms with Crippen LogP contribution in [-0.4, -0.2) is 15.3 Å². The van der Waals surface area contributed by atoms with Gasteiger partial charge in [0.15, 0.2) is 5.78 Å². The highest BCUT2D eigenvalue weighted by Gasteiger charge is 2.20. The van der Waals surface area contributed by atoms with E-state index in [0.717, 1.165) is 18.4 Å². The molecule has 0 radical (unpaired) electrons. The van der Waals surface area contributed by atoms with Gasteiger partial charge in [-0.05, 0) is 6.42 Å². The topological polar surface area (TPSA) is 34.9 Å². The molecule has 0 aliphatic heterocycles. The van der Waals surface area contributed by atoms with Crippen molar-refractivity contribution in [2.75, 3.05) is 0 Å². The first-order chi connectivity index (χ1) is 11.3. The van der Waals surface area contributed by atoms with Gasteiger partial charge in [-0.1, -0.05) is 82.2 Å². The van der Waals surface area contributed by atoms with Crippen LogP contribution in [0.1, 0.15) is 74.7 Å². The summed E-state index contributed by atoms with van der Waals surface area (Å²) in [5.74, 6) is 0.189. The van der Waals surface area contributed by atoms with Crippen molar-refractivity contribution in [1.82, 2.24) is 9.55 Å². The number of hydrogen-bond donors (Lipinski definition) is 0. The van der Waals surface area contributed by atoms with Gasteiger partial charge >= 0.3 is 0 Å². The summed E-state index contributed by atoms with van der Waals surface area (Å²) in [6.07, 6.45) is 15.1. The molecule has 0 aliphatic rings. The molecule has 2 aromatic rings. The first-order valence-electron chi connectivity index (χ1n) is 8.89. The van der Waals surface area contributed by atoms with E-state index < -0.39 is 0 Å². The second kappa shape index (κ2) is 9.98. The zero-order chi connectivity index (χ0) is 16.3. The van der Waals surface area contributed by atoms with Crippen molar-refractivity contribution >= 4 is 5.78 Å². The quantitative estimate of drug-likeness (QED) is 0.408. The van der Waals surface area contributed by atoms with E-state index in [2.05, 4.69) is 11.9 Å². The van der Waals surface area contributed by atoms with Crippen molar-refractivity contribution in [2.45, 2.75) is 64.3 Å². The number of aromatic nitrogens is 2. The van der Waals surface area contributed by atoms with Crippen LogP contribution < -0.4 is 0 Å². The smallest absolute Gasteiger partial charge is 0.185 e. The zero-order valence-electron chi connectivity index (χ0n) is 14.2. The Morgan fingerprint density at radius 3 is 2.39 bits per heavy atom. The lowest BCUT2D eigenvalue weighted by Gasteiger charge is -2.17. The molecule has 23 heavy (non-hydrogen) atoms. The molecule has 0 spiro atoms. The number of nitrogens with zero attached hydrogens (tertiary/aromatic N) is 2. The number of Topliss-reactive ketones (excluding diaryl/α,β-unsaturated/α-hetero) is 1. The Morgan fingerprint density at radius 2 is 1.74 bits per heavy atom. The molecular weight excluding hydrogens is 284 g/mol. The summed E-state index contributed by atoms with van der Waals surface area (Å²) < 4.78 is 1.95. The van der Waals surface area contributed by atoms with Gasteiger partial charge in [0.05, 0.1) is 12.4 Å². The highest BCUT2D eigenvalue weighted by molar-refractivity contribution is 5.98. The van der Waals surface area contributed by atoms with Crippen LogP contribution >= 0.6 is 0 Å². The van der Waals surface area contributed by atoms with E-state index in [-0.39, 0.29) is 11.8 Å². The van der Waals surface area contributed by atoms with Crippen LogP contribution in [0.4, 0.5) is 0 Å². The molecule has 2 rings (SSSR count). The summed E-state index contributed by atoms with van der Waals surface area (Å²) in [6.45, 7) is 2.24. The Kier molecular flexibility index (Phi) is 7.58. The summed E-state index contributed by atoms with van der Waals surface area (Å²) in [5.41, 5.74) is 0.786. The first kappa shape index (κ1) is 17.5. The predicted molar refractivity (Wildman–Crippen MR) is 94.6 cm³/mol. The fourth-order valence-corrected chi connectivity index (χ4v) is 2.96. The number of hydrogen-bond acceptors (Lipinski definition) is 2. The number of imidazole rings is 1. The third-order valence-electron chi connectivity index (χ3n) is 4.33. The van der Waals surface area contributed by atoms with Crippen molar-refractivity contribution in [1.29, 1.82) is 0 Å². The minimum Gasteiger partial charge on any atom is -0.327 e. The van der Waals surface area contributed by atoms with Crippen LogP contribution in [0.2, 0.25) is 0 Å². The van der Waals surface area contributed by atoms with E-state index in [1.165, 1.54) is 38.5 Å².